The molecule has 8 nitrogen and oxygen atoms in total. The van der Waals surface area contributed by atoms with Crippen LogP contribution in [0.25, 0.3) is 0 Å². The van der Waals surface area contributed by atoms with Gasteiger partial charge in [-0.05, 0) is 0 Å². The Hall–Kier alpha value is -2.51. The van der Waals surface area contributed by atoms with E-state index in [1.807, 2.05) is 0 Å². The van der Waals surface area contributed by atoms with Crippen molar-refractivity contribution in [1.82, 2.24) is 30.3 Å². The summed E-state index contributed by atoms with van der Waals surface area (Å²) in [4.78, 5) is 19.8. The minimum Gasteiger partial charge on any atom is -0.372 e. The molecule has 0 bridgehead atoms. The summed E-state index contributed by atoms with van der Waals surface area (Å²) in [5.74, 6) is 0.290. The first-order valence-electron chi connectivity index (χ1n) is 5.41. The molecule has 2 rings (SSSR count). The molecule has 0 fully saturated rings. The van der Waals surface area contributed by atoms with Crippen LogP contribution in [0.15, 0.2) is 24.8 Å². The van der Waals surface area contributed by atoms with Gasteiger partial charge in [-0.15, -0.1) is 5.10 Å². The van der Waals surface area contributed by atoms with Crippen LogP contribution >= 0.6 is 0 Å². The number of aromatic nitrogens is 5. The van der Waals surface area contributed by atoms with E-state index in [4.69, 9.17) is 0 Å². The molecule has 1 amide bonds. The number of nitrogens with zero attached hydrogens (tertiary/aromatic N) is 5. The van der Waals surface area contributed by atoms with Crippen molar-refractivity contribution in [2.45, 2.75) is 6.54 Å². The van der Waals surface area contributed by atoms with Crippen molar-refractivity contribution >= 4 is 11.7 Å². The van der Waals surface area contributed by atoms with Gasteiger partial charge in [0.05, 0.1) is 25.1 Å². The van der Waals surface area contributed by atoms with E-state index in [2.05, 4.69) is 30.9 Å². The zero-order chi connectivity index (χ0) is 12.8. The highest BCUT2D eigenvalue weighted by molar-refractivity contribution is 5.92. The second-order valence-corrected chi connectivity index (χ2v) is 3.46. The van der Waals surface area contributed by atoms with Crippen LogP contribution in [-0.4, -0.2) is 44.5 Å². The third-order valence-electron chi connectivity index (χ3n) is 2.22. The Labute approximate surface area is 103 Å². The molecule has 0 aliphatic heterocycles. The van der Waals surface area contributed by atoms with Crippen LogP contribution in [0, 0.1) is 0 Å². The zero-order valence-electron chi connectivity index (χ0n) is 9.87. The molecule has 2 heterocycles. The van der Waals surface area contributed by atoms with E-state index in [0.29, 0.717) is 18.9 Å². The number of hydrogen-bond acceptors (Lipinski definition) is 6. The number of carbonyl (C=O) groups excluding carboxylic acids is 1. The van der Waals surface area contributed by atoms with Gasteiger partial charge in [-0.1, -0.05) is 5.21 Å². The molecule has 0 atom stereocenters. The minimum atomic E-state index is -0.264. The summed E-state index contributed by atoms with van der Waals surface area (Å²) in [6.45, 7) is 1.01. The van der Waals surface area contributed by atoms with Gasteiger partial charge < -0.3 is 10.6 Å². The molecule has 0 aliphatic carbocycles. The lowest BCUT2D eigenvalue weighted by Crippen LogP contribution is -2.28. The number of amides is 1. The van der Waals surface area contributed by atoms with Crippen LogP contribution in [-0.2, 0) is 6.54 Å². The topological polar surface area (TPSA) is 97.6 Å². The Bertz CT molecular complexity index is 511. The van der Waals surface area contributed by atoms with Crippen molar-refractivity contribution in [3.8, 4) is 0 Å². The van der Waals surface area contributed by atoms with Crippen molar-refractivity contribution in [2.75, 3.05) is 18.9 Å². The van der Waals surface area contributed by atoms with Crippen LogP contribution in [0.5, 0.6) is 0 Å². The summed E-state index contributed by atoms with van der Waals surface area (Å²) in [6, 6.07) is 0. The van der Waals surface area contributed by atoms with Crippen molar-refractivity contribution in [1.29, 1.82) is 0 Å². The molecule has 0 aromatic carbocycles. The van der Waals surface area contributed by atoms with E-state index in [1.165, 1.54) is 6.20 Å². The fourth-order valence-electron chi connectivity index (χ4n) is 1.32. The number of rotatable bonds is 5. The molecule has 2 aromatic heterocycles. The predicted molar refractivity (Wildman–Crippen MR) is 63.9 cm³/mol. The average Bonchev–Trinajstić information content (AvgIpc) is 2.92. The van der Waals surface area contributed by atoms with E-state index in [0.717, 1.165) is 0 Å². The smallest absolute Gasteiger partial charge is 0.271 e. The number of carbonyl (C=O) groups is 1. The standard InChI is InChI=1S/C10H13N7O/c1-11-9-7-12-6-8(15-9)10(18)13-2-4-17-5-3-14-16-17/h3,5-7H,2,4H2,1H3,(H,11,15)(H,13,18). The molecule has 0 unspecified atom stereocenters. The summed E-state index contributed by atoms with van der Waals surface area (Å²) < 4.78 is 1.63. The molecule has 0 saturated heterocycles. The Morgan fingerprint density at radius 3 is 3.06 bits per heavy atom. The number of anilines is 1. The van der Waals surface area contributed by atoms with Gasteiger partial charge in [0, 0.05) is 19.8 Å². The first-order chi connectivity index (χ1) is 8.79. The van der Waals surface area contributed by atoms with Gasteiger partial charge in [-0.3, -0.25) is 14.5 Å². The summed E-state index contributed by atoms with van der Waals surface area (Å²) in [6.07, 6.45) is 6.29. The van der Waals surface area contributed by atoms with Crippen LogP contribution in [0.1, 0.15) is 10.5 Å². The zero-order valence-corrected chi connectivity index (χ0v) is 9.87. The van der Waals surface area contributed by atoms with E-state index >= 15 is 0 Å². The maximum Gasteiger partial charge on any atom is 0.271 e. The van der Waals surface area contributed by atoms with Gasteiger partial charge in [0.1, 0.15) is 11.5 Å². The molecule has 0 saturated carbocycles. The Morgan fingerprint density at radius 1 is 1.44 bits per heavy atom. The fourth-order valence-corrected chi connectivity index (χ4v) is 1.32. The highest BCUT2D eigenvalue weighted by Gasteiger charge is 2.07. The van der Waals surface area contributed by atoms with Crippen molar-refractivity contribution in [3.63, 3.8) is 0 Å². The molecule has 0 spiro atoms. The molecule has 8 heteroatoms. The molecular weight excluding hydrogens is 234 g/mol. The molecule has 2 N–H and O–H groups in total. The molecular formula is C10H13N7O. The third kappa shape index (κ3) is 3.00. The van der Waals surface area contributed by atoms with Crippen LogP contribution < -0.4 is 10.6 Å². The van der Waals surface area contributed by atoms with E-state index in [1.54, 1.807) is 30.3 Å². The summed E-state index contributed by atoms with van der Waals surface area (Å²) >= 11 is 0. The third-order valence-corrected chi connectivity index (χ3v) is 2.22. The lowest BCUT2D eigenvalue weighted by atomic mass is 10.4. The Balaban J connectivity index is 1.87. The van der Waals surface area contributed by atoms with E-state index in [9.17, 15) is 4.79 Å². The Kier molecular flexibility index (Phi) is 3.79. The molecule has 18 heavy (non-hydrogen) atoms. The Morgan fingerprint density at radius 2 is 2.33 bits per heavy atom. The van der Waals surface area contributed by atoms with Gasteiger partial charge in [0.2, 0.25) is 0 Å². The van der Waals surface area contributed by atoms with E-state index < -0.39 is 0 Å². The highest BCUT2D eigenvalue weighted by atomic mass is 16.1. The fraction of sp³-hybridized carbons (Fsp3) is 0.300. The maximum atomic E-state index is 11.8. The predicted octanol–water partition coefficient (Wildman–Crippen LogP) is -0.460. The lowest BCUT2D eigenvalue weighted by Gasteiger charge is -2.05. The van der Waals surface area contributed by atoms with Crippen LogP contribution in [0.2, 0.25) is 0 Å². The van der Waals surface area contributed by atoms with Crippen molar-refractivity contribution in [2.24, 2.45) is 0 Å². The summed E-state index contributed by atoms with van der Waals surface area (Å²) in [7, 11) is 1.72. The average molecular weight is 247 g/mol. The van der Waals surface area contributed by atoms with Crippen molar-refractivity contribution < 1.29 is 4.79 Å². The van der Waals surface area contributed by atoms with Gasteiger partial charge >= 0.3 is 0 Å². The lowest BCUT2D eigenvalue weighted by molar-refractivity contribution is 0.0946. The van der Waals surface area contributed by atoms with Gasteiger partial charge in [-0.2, -0.15) is 0 Å². The highest BCUT2D eigenvalue weighted by Crippen LogP contribution is 2.00. The summed E-state index contributed by atoms with van der Waals surface area (Å²) in [5, 5.41) is 13.0. The summed E-state index contributed by atoms with van der Waals surface area (Å²) in [5.41, 5.74) is 0.278. The molecule has 94 valence electrons. The monoisotopic (exact) mass is 247 g/mol. The normalized spacial score (nSPS) is 10.1. The quantitative estimate of drug-likeness (QED) is 0.742. The van der Waals surface area contributed by atoms with Crippen LogP contribution in [0.4, 0.5) is 5.82 Å². The van der Waals surface area contributed by atoms with Gasteiger partial charge in [0.25, 0.3) is 5.91 Å². The van der Waals surface area contributed by atoms with Crippen molar-refractivity contribution in [3.05, 3.63) is 30.5 Å². The van der Waals surface area contributed by atoms with Gasteiger partial charge in [0.15, 0.2) is 0 Å². The van der Waals surface area contributed by atoms with Crippen LogP contribution in [0.3, 0.4) is 0 Å². The largest absolute Gasteiger partial charge is 0.372 e. The second kappa shape index (κ2) is 5.71. The van der Waals surface area contributed by atoms with E-state index in [-0.39, 0.29) is 11.6 Å². The first-order valence-corrected chi connectivity index (χ1v) is 5.41. The SMILES string of the molecule is CNc1cncc(C(=O)NCCn2ccnn2)n1. The molecule has 2 aromatic rings. The number of nitrogens with one attached hydrogen (secondary N) is 2. The molecule has 0 radical (unpaired) electrons. The molecule has 0 aliphatic rings. The first kappa shape index (κ1) is 12.0. The second-order valence-electron chi connectivity index (χ2n) is 3.46. The number of hydrogen-bond donors (Lipinski definition) is 2. The van der Waals surface area contributed by atoms with Gasteiger partial charge in [-0.25, -0.2) is 4.98 Å². The minimum absolute atomic E-state index is 0.264. The maximum absolute atomic E-state index is 11.8.